The molecule has 2 aliphatic rings. The number of rotatable bonds is 4. The van der Waals surface area contributed by atoms with Gasteiger partial charge in [0.05, 0.1) is 43.0 Å². The number of benzene rings is 7. The lowest BCUT2D eigenvalue weighted by Crippen LogP contribution is -2.11. The smallest absolute Gasteiger partial charge is 0.338 e. The van der Waals surface area contributed by atoms with E-state index in [2.05, 4.69) is 14.5 Å². The third-order valence-electron chi connectivity index (χ3n) is 9.49. The molecule has 7 aromatic carbocycles. The van der Waals surface area contributed by atoms with Crippen LogP contribution in [-0.2, 0) is 9.47 Å². The van der Waals surface area contributed by atoms with Crippen LogP contribution in [0.3, 0.4) is 0 Å². The maximum atomic E-state index is 12.6. The van der Waals surface area contributed by atoms with Crippen LogP contribution in [0.4, 0.5) is 5.69 Å². The number of ketones is 3. The fourth-order valence-corrected chi connectivity index (χ4v) is 6.63. The summed E-state index contributed by atoms with van der Waals surface area (Å²) in [6.45, 7) is 0. The molecule has 0 saturated heterocycles. The van der Waals surface area contributed by atoms with Gasteiger partial charge in [-0.1, -0.05) is 91.0 Å². The number of ether oxygens (including phenoxy) is 2. The first-order valence-corrected chi connectivity index (χ1v) is 17.6. The monoisotopic (exact) mass is 739 g/mol. The van der Waals surface area contributed by atoms with Gasteiger partial charge >= 0.3 is 11.9 Å². The van der Waals surface area contributed by atoms with Crippen molar-refractivity contribution in [3.63, 3.8) is 0 Å². The van der Waals surface area contributed by atoms with Crippen LogP contribution in [0.5, 0.6) is 0 Å². The fraction of sp³-hybridized carbons (Fsp3) is 0.0638. The molecule has 9 rings (SSSR count). The van der Waals surface area contributed by atoms with Crippen LogP contribution < -0.4 is 0 Å². The zero-order valence-electron chi connectivity index (χ0n) is 30.3. The Balaban J connectivity index is 0.000000132. The van der Waals surface area contributed by atoms with Crippen LogP contribution in [0.2, 0.25) is 0 Å². The third-order valence-corrected chi connectivity index (χ3v) is 9.49. The highest BCUT2D eigenvalue weighted by atomic mass is 16.5. The van der Waals surface area contributed by atoms with E-state index in [1.807, 2.05) is 127 Å². The van der Waals surface area contributed by atoms with Gasteiger partial charge in [0.2, 0.25) is 0 Å². The molecule has 1 N–H and O–H groups in total. The van der Waals surface area contributed by atoms with Gasteiger partial charge < -0.3 is 14.6 Å². The summed E-state index contributed by atoms with van der Waals surface area (Å²) in [4.78, 5) is 63.2. The minimum atomic E-state index is -0.554. The second-order valence-electron chi connectivity index (χ2n) is 12.9. The summed E-state index contributed by atoms with van der Waals surface area (Å²) < 4.78 is 9.35. The number of aliphatic imine (C=N–C) groups is 1. The van der Waals surface area contributed by atoms with E-state index in [4.69, 9.17) is 0 Å². The number of carbonyl (C=O) groups excluding carboxylic acids is 5. The average Bonchev–Trinajstić information content (AvgIpc) is 3.65. The highest BCUT2D eigenvalue weighted by molar-refractivity contribution is 6.31. The lowest BCUT2D eigenvalue weighted by molar-refractivity contribution is 0.0555. The molecule has 56 heavy (non-hydrogen) atoms. The van der Waals surface area contributed by atoms with Gasteiger partial charge in [-0.05, 0) is 80.8 Å². The zero-order valence-corrected chi connectivity index (χ0v) is 30.3. The fourth-order valence-electron chi connectivity index (χ4n) is 6.63. The number of aliphatic hydroxyl groups is 1. The van der Waals surface area contributed by atoms with Crippen molar-refractivity contribution in [3.05, 3.63) is 178 Å². The number of hydrogen-bond acceptors (Lipinski definition) is 9. The second kappa shape index (κ2) is 15.8. The van der Waals surface area contributed by atoms with E-state index >= 15 is 0 Å². The van der Waals surface area contributed by atoms with Crippen LogP contribution in [-0.4, -0.2) is 54.8 Å². The Morgan fingerprint density at radius 1 is 0.536 bits per heavy atom. The van der Waals surface area contributed by atoms with Gasteiger partial charge in [0.1, 0.15) is 5.76 Å². The van der Waals surface area contributed by atoms with Crippen molar-refractivity contribution in [3.8, 4) is 0 Å². The van der Waals surface area contributed by atoms with Gasteiger partial charge in [-0.25, -0.2) is 9.59 Å². The number of para-hydroxylation sites is 1. The predicted octanol–water partition coefficient (Wildman–Crippen LogP) is 9.73. The Kier molecular flexibility index (Phi) is 10.4. The molecular formula is C47H33NO8. The van der Waals surface area contributed by atoms with Crippen LogP contribution in [0.15, 0.2) is 150 Å². The first kappa shape index (κ1) is 36.8. The molecule has 0 unspecified atom stereocenters. The standard InChI is InChI=1S/C20H13NO2.C14H12O4.C13H8O2/c22-19-16-10-13-6-4-5-7-14(13)11-17(16)20(23)18(19)12-21-15-8-2-1-3-9-15;1-17-13(15)11-7-9-5-3-4-6-10(9)8-12(11)14(16)18-2;14-12-7-13(15)11-6-9-4-2-1-3-8(9)5-10(11)12/h1-12,22H;3-8H,1-2H3;1-6H,7H2. The van der Waals surface area contributed by atoms with Crippen LogP contribution in [0.25, 0.3) is 38.1 Å². The van der Waals surface area contributed by atoms with Gasteiger partial charge in [0.25, 0.3) is 0 Å². The first-order chi connectivity index (χ1) is 27.2. The topological polar surface area (TPSA) is 136 Å². The quantitative estimate of drug-likeness (QED) is 0.107. The predicted molar refractivity (Wildman–Crippen MR) is 216 cm³/mol. The number of nitrogens with zero attached hydrogens (tertiary/aromatic N) is 1. The molecule has 2 aliphatic carbocycles. The Labute approximate surface area is 321 Å². The van der Waals surface area contributed by atoms with Crippen molar-refractivity contribution in [1.29, 1.82) is 0 Å². The maximum absolute atomic E-state index is 12.6. The summed E-state index contributed by atoms with van der Waals surface area (Å²) in [6.07, 6.45) is 1.48. The van der Waals surface area contributed by atoms with Crippen LogP contribution >= 0.6 is 0 Å². The van der Waals surface area contributed by atoms with Gasteiger partial charge in [0.15, 0.2) is 17.3 Å². The Hall–Kier alpha value is -7.52. The molecule has 0 bridgehead atoms. The molecule has 274 valence electrons. The summed E-state index contributed by atoms with van der Waals surface area (Å²) in [6, 6.07) is 42.9. The molecule has 9 nitrogen and oxygen atoms in total. The minimum absolute atomic E-state index is 0.00423. The third kappa shape index (κ3) is 7.34. The number of fused-ring (bicyclic) bond motifs is 5. The molecule has 0 heterocycles. The normalized spacial score (nSPS) is 12.9. The number of carbonyl (C=O) groups is 5. The summed E-state index contributed by atoms with van der Waals surface area (Å²) in [7, 11) is 2.55. The Morgan fingerprint density at radius 3 is 1.34 bits per heavy atom. The number of aliphatic hydroxyl groups excluding tert-OH is 1. The van der Waals surface area contributed by atoms with Crippen LogP contribution in [0, 0.1) is 0 Å². The van der Waals surface area contributed by atoms with Crippen molar-refractivity contribution < 1.29 is 38.6 Å². The van der Waals surface area contributed by atoms with Crippen molar-refractivity contribution in [1.82, 2.24) is 0 Å². The molecule has 0 atom stereocenters. The molecular weight excluding hydrogens is 707 g/mol. The number of methoxy groups -OCH3 is 2. The van der Waals surface area contributed by atoms with E-state index in [0.717, 1.165) is 38.0 Å². The largest absolute Gasteiger partial charge is 0.506 e. The average molecular weight is 740 g/mol. The van der Waals surface area contributed by atoms with E-state index in [1.165, 1.54) is 20.4 Å². The molecule has 0 spiro atoms. The van der Waals surface area contributed by atoms with E-state index in [1.54, 1.807) is 12.1 Å². The maximum Gasteiger partial charge on any atom is 0.338 e. The molecule has 0 amide bonds. The first-order valence-electron chi connectivity index (χ1n) is 17.6. The van der Waals surface area contributed by atoms with E-state index < -0.39 is 11.9 Å². The lowest BCUT2D eigenvalue weighted by Gasteiger charge is -2.08. The van der Waals surface area contributed by atoms with Gasteiger partial charge in [-0.15, -0.1) is 0 Å². The molecule has 0 saturated carbocycles. The molecule has 7 aromatic rings. The van der Waals surface area contributed by atoms with E-state index in [9.17, 15) is 29.1 Å². The Morgan fingerprint density at radius 2 is 0.911 bits per heavy atom. The second-order valence-corrected chi connectivity index (χ2v) is 12.9. The van der Waals surface area contributed by atoms with Gasteiger partial charge in [0, 0.05) is 28.5 Å². The number of esters is 2. The van der Waals surface area contributed by atoms with Crippen molar-refractivity contribution in [2.24, 2.45) is 4.99 Å². The SMILES string of the molecule is COC(=O)c1cc2ccccc2cc1C(=O)OC.O=C1C(C=Nc2ccccc2)=C(O)c2cc3ccccc3cc21.O=C1CC(=O)c2cc3ccccc3cc21. The zero-order chi connectivity index (χ0) is 39.3. The van der Waals surface area contributed by atoms with Crippen molar-refractivity contribution in [2.45, 2.75) is 6.42 Å². The molecule has 0 radical (unpaired) electrons. The van der Waals surface area contributed by atoms with Crippen LogP contribution in [0.1, 0.15) is 63.8 Å². The van der Waals surface area contributed by atoms with E-state index in [-0.39, 0.29) is 46.2 Å². The summed E-state index contributed by atoms with van der Waals surface area (Å²) in [5, 5.41) is 16.1. The number of Topliss-reactive ketones (excluding diaryl/α,β-unsaturated/α-hetero) is 3. The number of allylic oxidation sites excluding steroid dienone is 1. The summed E-state index contributed by atoms with van der Waals surface area (Å²) >= 11 is 0. The summed E-state index contributed by atoms with van der Waals surface area (Å²) in [5.74, 6) is -1.41. The summed E-state index contributed by atoms with van der Waals surface area (Å²) in [5.41, 5.74) is 3.66. The van der Waals surface area contributed by atoms with E-state index in [0.29, 0.717) is 22.3 Å². The van der Waals surface area contributed by atoms with Crippen molar-refractivity contribution >= 4 is 79.3 Å². The molecule has 0 aliphatic heterocycles. The van der Waals surface area contributed by atoms with Crippen molar-refractivity contribution in [2.75, 3.05) is 14.2 Å². The Bertz CT molecular complexity index is 2690. The van der Waals surface area contributed by atoms with Gasteiger partial charge in [-0.2, -0.15) is 0 Å². The molecule has 9 heteroatoms. The highest BCUT2D eigenvalue weighted by Gasteiger charge is 2.29. The van der Waals surface area contributed by atoms with Gasteiger partial charge in [-0.3, -0.25) is 19.4 Å². The highest BCUT2D eigenvalue weighted by Crippen LogP contribution is 2.34. The molecule has 0 aromatic heterocycles. The molecule has 0 fully saturated rings. The lowest BCUT2D eigenvalue weighted by atomic mass is 10.0. The minimum Gasteiger partial charge on any atom is -0.506 e. The number of hydrogen-bond donors (Lipinski definition) is 1.